The Balaban J connectivity index is 1.40. The predicted molar refractivity (Wildman–Crippen MR) is 143 cm³/mol. The van der Waals surface area contributed by atoms with Crippen LogP contribution in [0.15, 0.2) is 88.6 Å². The molecule has 0 saturated carbocycles. The first-order chi connectivity index (χ1) is 18.5. The minimum atomic E-state index is -0.516. The fraction of sp³-hybridized carbons (Fsp3) is 0.0741. The second-order valence-electron chi connectivity index (χ2n) is 8.34. The Hall–Kier alpha value is -4.38. The molecule has 2 aromatic heterocycles. The molecule has 1 aliphatic heterocycles. The number of benzene rings is 3. The van der Waals surface area contributed by atoms with E-state index in [0.29, 0.717) is 38.0 Å². The van der Waals surface area contributed by atoms with Crippen molar-refractivity contribution >= 4 is 50.8 Å². The molecule has 1 N–H and O–H groups in total. The first-order valence-corrected chi connectivity index (χ1v) is 12.8. The minimum absolute atomic E-state index is 0.0414. The number of hydrogen-bond acceptors (Lipinski definition) is 7. The van der Waals surface area contributed by atoms with Crippen LogP contribution in [0.1, 0.15) is 20.7 Å². The van der Waals surface area contributed by atoms with E-state index in [2.05, 4.69) is 9.97 Å². The van der Waals surface area contributed by atoms with Gasteiger partial charge >= 0.3 is 5.69 Å². The van der Waals surface area contributed by atoms with Gasteiger partial charge in [-0.2, -0.15) is 4.98 Å². The second kappa shape index (κ2) is 9.82. The smallest absolute Gasteiger partial charge is 0.304 e. The maximum absolute atomic E-state index is 12.7. The number of hydrogen-bond donors (Lipinski definition) is 1. The van der Waals surface area contributed by atoms with Crippen molar-refractivity contribution in [1.29, 1.82) is 0 Å². The number of amides is 2. The van der Waals surface area contributed by atoms with Crippen LogP contribution in [0.3, 0.4) is 0 Å². The summed E-state index contributed by atoms with van der Waals surface area (Å²) in [5, 5.41) is 1.35. The summed E-state index contributed by atoms with van der Waals surface area (Å²) in [7, 11) is 0. The van der Waals surface area contributed by atoms with Gasteiger partial charge in [0.1, 0.15) is 0 Å². The summed E-state index contributed by atoms with van der Waals surface area (Å²) in [5.41, 5.74) is 2.60. The molecule has 6 rings (SSSR count). The average Bonchev–Trinajstić information content (AvgIpc) is 3.39. The number of carbonyl (C=O) groups is 2. The van der Waals surface area contributed by atoms with Crippen LogP contribution >= 0.6 is 22.9 Å². The first kappa shape index (κ1) is 24.0. The number of halogens is 1. The molecule has 1 aliphatic rings. The highest BCUT2D eigenvalue weighted by molar-refractivity contribution is 7.16. The lowest BCUT2D eigenvalue weighted by Gasteiger charge is -2.14. The van der Waals surface area contributed by atoms with Gasteiger partial charge in [0.15, 0.2) is 10.4 Å². The summed E-state index contributed by atoms with van der Waals surface area (Å²) in [5.74, 6) is -1.03. The van der Waals surface area contributed by atoms with Crippen LogP contribution in [0, 0.1) is 0 Å². The van der Waals surface area contributed by atoms with E-state index in [1.54, 1.807) is 53.1 Å². The maximum Gasteiger partial charge on any atom is 0.347 e. The van der Waals surface area contributed by atoms with Gasteiger partial charge in [-0.25, -0.2) is 9.79 Å². The SMILES string of the molecule is O=C1c2ccccc2C(=O)N1OCCn1c(=Nc2ccc(Cl)cc2)sc2c(-c3ccccc3)[nH]c(=O)nc21. The van der Waals surface area contributed by atoms with Crippen LogP contribution in [0.25, 0.3) is 21.6 Å². The van der Waals surface area contributed by atoms with Gasteiger partial charge in [-0.1, -0.05) is 65.4 Å². The van der Waals surface area contributed by atoms with Crippen LogP contribution in [0.4, 0.5) is 5.69 Å². The number of nitrogens with zero attached hydrogens (tertiary/aromatic N) is 4. The summed E-state index contributed by atoms with van der Waals surface area (Å²) < 4.78 is 2.47. The van der Waals surface area contributed by atoms with Crippen molar-refractivity contribution in [2.45, 2.75) is 6.54 Å². The normalized spacial score (nSPS) is 13.5. The molecular formula is C27H18ClN5O4S. The van der Waals surface area contributed by atoms with Crippen LogP contribution < -0.4 is 10.5 Å². The van der Waals surface area contributed by atoms with Crippen molar-refractivity contribution in [3.8, 4) is 11.3 Å². The van der Waals surface area contributed by atoms with Crippen molar-refractivity contribution < 1.29 is 14.4 Å². The highest BCUT2D eigenvalue weighted by atomic mass is 35.5. The molecule has 188 valence electrons. The van der Waals surface area contributed by atoms with Crippen molar-refractivity contribution in [2.75, 3.05) is 6.61 Å². The molecule has 5 aromatic rings. The molecule has 0 aliphatic carbocycles. The van der Waals surface area contributed by atoms with E-state index in [9.17, 15) is 14.4 Å². The van der Waals surface area contributed by atoms with E-state index in [1.165, 1.54) is 11.3 Å². The predicted octanol–water partition coefficient (Wildman–Crippen LogP) is 4.57. The third kappa shape index (κ3) is 4.34. The number of thiazole rings is 1. The van der Waals surface area contributed by atoms with Crippen LogP contribution in [-0.4, -0.2) is 38.0 Å². The maximum atomic E-state index is 12.7. The number of H-pyrrole nitrogens is 1. The lowest BCUT2D eigenvalue weighted by molar-refractivity contribution is -0.0934. The standard InChI is InChI=1S/C27H18ClN5O4S/c28-17-10-12-18(13-11-17)29-27-32(14-15-37-33-24(34)19-8-4-5-9-20(19)25(33)35)23-22(38-27)21(30-26(36)31-23)16-6-2-1-3-7-16/h1-13H,14-15H2,(H,30,31,36). The fourth-order valence-electron chi connectivity index (χ4n) is 4.19. The molecule has 38 heavy (non-hydrogen) atoms. The molecule has 0 spiro atoms. The lowest BCUT2D eigenvalue weighted by Crippen LogP contribution is -2.32. The number of fused-ring (bicyclic) bond motifs is 2. The van der Waals surface area contributed by atoms with Gasteiger partial charge < -0.3 is 4.98 Å². The zero-order valence-corrected chi connectivity index (χ0v) is 21.2. The summed E-state index contributed by atoms with van der Waals surface area (Å²) in [6, 6.07) is 23.1. The molecule has 3 aromatic carbocycles. The lowest BCUT2D eigenvalue weighted by atomic mass is 10.1. The van der Waals surface area contributed by atoms with Crippen molar-refractivity contribution in [3.05, 3.63) is 110 Å². The van der Waals surface area contributed by atoms with Crippen molar-refractivity contribution in [2.24, 2.45) is 4.99 Å². The summed E-state index contributed by atoms with van der Waals surface area (Å²) >= 11 is 7.39. The Morgan fingerprint density at radius 1 is 0.895 bits per heavy atom. The highest BCUT2D eigenvalue weighted by Gasteiger charge is 2.36. The van der Waals surface area contributed by atoms with E-state index < -0.39 is 17.5 Å². The Morgan fingerprint density at radius 3 is 2.24 bits per heavy atom. The molecule has 3 heterocycles. The number of rotatable bonds is 6. The fourth-order valence-corrected chi connectivity index (χ4v) is 5.46. The highest BCUT2D eigenvalue weighted by Crippen LogP contribution is 2.28. The van der Waals surface area contributed by atoms with Crippen LogP contribution in [0.5, 0.6) is 0 Å². The van der Waals surface area contributed by atoms with E-state index in [-0.39, 0.29) is 13.2 Å². The largest absolute Gasteiger partial charge is 0.347 e. The average molecular weight is 544 g/mol. The topological polar surface area (TPSA) is 110 Å². The molecule has 0 saturated heterocycles. The third-order valence-electron chi connectivity index (χ3n) is 5.96. The third-order valence-corrected chi connectivity index (χ3v) is 7.29. The van der Waals surface area contributed by atoms with E-state index in [0.717, 1.165) is 15.3 Å². The zero-order valence-electron chi connectivity index (χ0n) is 19.6. The Labute approximate surface area is 224 Å². The minimum Gasteiger partial charge on any atom is -0.304 e. The molecule has 0 bridgehead atoms. The van der Waals surface area contributed by atoms with Crippen molar-refractivity contribution in [3.63, 3.8) is 0 Å². The summed E-state index contributed by atoms with van der Waals surface area (Å²) in [6.07, 6.45) is 0. The van der Waals surface area contributed by atoms with Gasteiger partial charge in [0.2, 0.25) is 0 Å². The monoisotopic (exact) mass is 543 g/mol. The molecular weight excluding hydrogens is 526 g/mol. The molecule has 2 amide bonds. The van der Waals surface area contributed by atoms with Gasteiger partial charge in [0, 0.05) is 5.02 Å². The van der Waals surface area contributed by atoms with E-state index >= 15 is 0 Å². The molecule has 0 radical (unpaired) electrons. The molecule has 0 unspecified atom stereocenters. The molecule has 0 fully saturated rings. The van der Waals surface area contributed by atoms with E-state index in [4.69, 9.17) is 21.4 Å². The molecule has 11 heteroatoms. The number of hydroxylamine groups is 2. The Morgan fingerprint density at radius 2 is 1.55 bits per heavy atom. The quantitative estimate of drug-likeness (QED) is 0.316. The van der Waals surface area contributed by atoms with Crippen molar-refractivity contribution in [1.82, 2.24) is 19.6 Å². The molecule has 9 nitrogen and oxygen atoms in total. The van der Waals surface area contributed by atoms with Gasteiger partial charge in [-0.15, -0.1) is 5.06 Å². The zero-order chi connectivity index (χ0) is 26.2. The molecule has 0 atom stereocenters. The number of nitrogens with one attached hydrogen (secondary N) is 1. The van der Waals surface area contributed by atoms with Gasteiger partial charge in [-0.3, -0.25) is 19.0 Å². The van der Waals surface area contributed by atoms with Crippen LogP contribution in [0.2, 0.25) is 5.02 Å². The van der Waals surface area contributed by atoms with Gasteiger partial charge in [0.05, 0.1) is 40.4 Å². The summed E-state index contributed by atoms with van der Waals surface area (Å²) in [4.78, 5) is 56.0. The Bertz CT molecular complexity index is 1790. The van der Waals surface area contributed by atoms with Gasteiger partial charge in [-0.05, 0) is 42.0 Å². The number of aromatic nitrogens is 3. The number of aromatic amines is 1. The van der Waals surface area contributed by atoms with Crippen LogP contribution in [-0.2, 0) is 11.4 Å². The van der Waals surface area contributed by atoms with E-state index in [1.807, 2.05) is 30.3 Å². The van der Waals surface area contributed by atoms with Gasteiger partial charge in [0.25, 0.3) is 11.8 Å². The number of carbonyl (C=O) groups excluding carboxylic acids is 2. The Kier molecular flexibility index (Phi) is 6.20. The summed E-state index contributed by atoms with van der Waals surface area (Å²) in [6.45, 7) is 0.130. The second-order valence-corrected chi connectivity index (χ2v) is 9.76. The first-order valence-electron chi connectivity index (χ1n) is 11.6. The number of imide groups is 1.